The molecule has 2 aliphatic rings. The second kappa shape index (κ2) is 12.2. The average molecular weight is 564 g/mol. The summed E-state index contributed by atoms with van der Waals surface area (Å²) in [7, 11) is -4.36. The minimum atomic E-state index is -4.36. The normalized spacial score (nSPS) is 20.1. The minimum absolute atomic E-state index is 0.0316. The van der Waals surface area contributed by atoms with Gasteiger partial charge in [-0.15, -0.1) is 0 Å². The summed E-state index contributed by atoms with van der Waals surface area (Å²) in [5, 5.41) is 0.308. The van der Waals surface area contributed by atoms with Crippen LogP contribution in [0.4, 0.5) is 0 Å². The molecule has 4 rings (SSSR count). The molecule has 2 atom stereocenters. The van der Waals surface area contributed by atoms with E-state index in [0.29, 0.717) is 46.5 Å². The van der Waals surface area contributed by atoms with Gasteiger partial charge in [-0.05, 0) is 49.1 Å². The summed E-state index contributed by atoms with van der Waals surface area (Å²) in [6.07, 6.45) is 3.36. The molecule has 0 spiro atoms. The fraction of sp³-hybridized carbons (Fsp3) is 0.423. The lowest BCUT2D eigenvalue weighted by Gasteiger charge is -2.35. The predicted molar refractivity (Wildman–Crippen MR) is 136 cm³/mol. The van der Waals surface area contributed by atoms with Crippen molar-refractivity contribution in [1.82, 2.24) is 9.88 Å². The zero-order valence-corrected chi connectivity index (χ0v) is 22.4. The molecule has 10 nitrogen and oxygen atoms in total. The summed E-state index contributed by atoms with van der Waals surface area (Å²) in [5.41, 5.74) is 2.27. The summed E-state index contributed by atoms with van der Waals surface area (Å²) < 4.78 is 48.8. The predicted octanol–water partition coefficient (Wildman–Crippen LogP) is 3.17. The van der Waals surface area contributed by atoms with Crippen molar-refractivity contribution in [3.63, 3.8) is 0 Å². The molecule has 1 amide bonds. The number of carbonyl (C=O) groups excluding carboxylic acids is 2. The van der Waals surface area contributed by atoms with E-state index in [0.717, 1.165) is 12.8 Å². The Labute approximate surface area is 226 Å². The number of esters is 1. The maximum atomic E-state index is 13.4. The Morgan fingerprint density at radius 2 is 2.00 bits per heavy atom. The van der Waals surface area contributed by atoms with E-state index in [9.17, 15) is 22.6 Å². The molecule has 1 saturated heterocycles. The number of ether oxygens (including phenoxy) is 3. The van der Waals surface area contributed by atoms with Crippen LogP contribution < -0.4 is 4.74 Å². The molecule has 2 aromatic rings. The number of aromatic nitrogens is 1. The third-order valence-corrected chi connectivity index (χ3v) is 7.39. The van der Waals surface area contributed by atoms with Crippen LogP contribution in [0.25, 0.3) is 0 Å². The number of pyridine rings is 1. The van der Waals surface area contributed by atoms with Gasteiger partial charge in [0.05, 0.1) is 34.1 Å². The van der Waals surface area contributed by atoms with Crippen molar-refractivity contribution in [1.29, 1.82) is 0 Å². The molecule has 0 N–H and O–H groups in total. The molecule has 3 heterocycles. The second-order valence-corrected chi connectivity index (χ2v) is 11.1. The molecule has 12 heteroatoms. The van der Waals surface area contributed by atoms with Crippen molar-refractivity contribution < 1.29 is 36.8 Å². The number of carbonyl (C=O) groups is 2. The van der Waals surface area contributed by atoms with Crippen LogP contribution in [0.1, 0.15) is 43.2 Å². The average Bonchev–Trinajstić information content (AvgIpc) is 3.39. The number of halogens is 1. The molecule has 38 heavy (non-hydrogen) atoms. The highest BCUT2D eigenvalue weighted by atomic mass is 35.5. The van der Waals surface area contributed by atoms with Gasteiger partial charge >= 0.3 is 5.97 Å². The first kappa shape index (κ1) is 28.0. The number of amides is 1. The summed E-state index contributed by atoms with van der Waals surface area (Å²) in [6, 6.07) is 9.90. The van der Waals surface area contributed by atoms with Crippen molar-refractivity contribution in [2.45, 2.75) is 44.8 Å². The van der Waals surface area contributed by atoms with Crippen LogP contribution in [0.5, 0.6) is 5.75 Å². The van der Waals surface area contributed by atoms with Gasteiger partial charge in [-0.25, -0.2) is 18.2 Å². The van der Waals surface area contributed by atoms with Crippen LogP contribution in [-0.4, -0.2) is 66.3 Å². The highest BCUT2D eigenvalue weighted by Crippen LogP contribution is 2.37. The monoisotopic (exact) mass is 563 g/mol. The van der Waals surface area contributed by atoms with Gasteiger partial charge in [0, 0.05) is 30.8 Å². The van der Waals surface area contributed by atoms with Crippen LogP contribution in [0, 0.1) is 0 Å². The van der Waals surface area contributed by atoms with Crippen molar-refractivity contribution in [3.05, 3.63) is 70.1 Å². The van der Waals surface area contributed by atoms with Gasteiger partial charge in [-0.3, -0.25) is 4.79 Å². The zero-order valence-electron chi connectivity index (χ0n) is 20.8. The second-order valence-electron chi connectivity index (χ2n) is 9.14. The molecular formula is C26H28ClN2O8S-. The number of hydrogen-bond donors (Lipinski definition) is 0. The lowest BCUT2D eigenvalue weighted by molar-refractivity contribution is -0.141. The SMILES string of the molecule is CC1=C(C(=O)OCc2ccc(OCCS(=O)(=O)[O-])cc2)[C@H](c2ccc(Cl)nc2)CC(=O)N1C[C@H]1CCCO1. The summed E-state index contributed by atoms with van der Waals surface area (Å²) in [6.45, 7) is 2.49. The van der Waals surface area contributed by atoms with Crippen LogP contribution in [0.3, 0.4) is 0 Å². The third kappa shape index (κ3) is 7.31. The molecule has 0 saturated carbocycles. The molecule has 1 fully saturated rings. The van der Waals surface area contributed by atoms with E-state index < -0.39 is 27.8 Å². The lowest BCUT2D eigenvalue weighted by atomic mass is 9.84. The molecule has 0 unspecified atom stereocenters. The molecule has 204 valence electrons. The van der Waals surface area contributed by atoms with Crippen molar-refractivity contribution in [3.8, 4) is 5.75 Å². The number of hydrogen-bond acceptors (Lipinski definition) is 9. The van der Waals surface area contributed by atoms with Gasteiger partial charge in [0.1, 0.15) is 24.1 Å². The van der Waals surface area contributed by atoms with Crippen LogP contribution in [-0.2, 0) is 35.8 Å². The number of allylic oxidation sites excluding steroid dienone is 1. The van der Waals surface area contributed by atoms with E-state index in [4.69, 9.17) is 25.8 Å². The molecule has 1 aromatic carbocycles. The van der Waals surface area contributed by atoms with Crippen LogP contribution >= 0.6 is 11.6 Å². The third-order valence-electron chi connectivity index (χ3n) is 6.50. The molecule has 0 radical (unpaired) electrons. The maximum Gasteiger partial charge on any atom is 0.336 e. The van der Waals surface area contributed by atoms with Gasteiger partial charge in [-0.1, -0.05) is 29.8 Å². The summed E-state index contributed by atoms with van der Waals surface area (Å²) >= 11 is 5.95. The fourth-order valence-electron chi connectivity index (χ4n) is 4.54. The van der Waals surface area contributed by atoms with E-state index in [-0.39, 0.29) is 31.6 Å². The van der Waals surface area contributed by atoms with Gasteiger partial charge in [-0.2, -0.15) is 0 Å². The van der Waals surface area contributed by atoms with Crippen molar-refractivity contribution in [2.24, 2.45) is 0 Å². The quantitative estimate of drug-likeness (QED) is 0.242. The zero-order chi connectivity index (χ0) is 27.3. The van der Waals surface area contributed by atoms with Crippen molar-refractivity contribution >= 4 is 33.6 Å². The first-order valence-electron chi connectivity index (χ1n) is 12.2. The van der Waals surface area contributed by atoms with Crippen LogP contribution in [0.2, 0.25) is 5.15 Å². The van der Waals surface area contributed by atoms with E-state index in [1.165, 1.54) is 0 Å². The van der Waals surface area contributed by atoms with E-state index >= 15 is 0 Å². The molecular weight excluding hydrogens is 536 g/mol. The first-order valence-corrected chi connectivity index (χ1v) is 14.1. The van der Waals surface area contributed by atoms with Gasteiger partial charge in [0.2, 0.25) is 5.91 Å². The number of nitrogens with zero attached hydrogens (tertiary/aromatic N) is 2. The number of benzene rings is 1. The largest absolute Gasteiger partial charge is 0.748 e. The molecule has 2 aliphatic heterocycles. The Morgan fingerprint density at radius 3 is 2.63 bits per heavy atom. The van der Waals surface area contributed by atoms with Gasteiger partial charge < -0.3 is 23.7 Å². The Balaban J connectivity index is 1.49. The fourth-order valence-corrected chi connectivity index (χ4v) is 4.94. The van der Waals surface area contributed by atoms with Gasteiger partial charge in [0.15, 0.2) is 0 Å². The molecule has 0 bridgehead atoms. The smallest absolute Gasteiger partial charge is 0.336 e. The molecule has 1 aromatic heterocycles. The van der Waals surface area contributed by atoms with E-state index in [2.05, 4.69) is 4.98 Å². The van der Waals surface area contributed by atoms with E-state index in [1.54, 1.807) is 54.4 Å². The Bertz CT molecular complexity index is 1290. The summed E-state index contributed by atoms with van der Waals surface area (Å²) in [4.78, 5) is 32.3. The highest BCUT2D eigenvalue weighted by molar-refractivity contribution is 7.85. The van der Waals surface area contributed by atoms with Crippen molar-refractivity contribution in [2.75, 3.05) is 25.5 Å². The van der Waals surface area contributed by atoms with Crippen LogP contribution in [0.15, 0.2) is 53.9 Å². The van der Waals surface area contributed by atoms with E-state index in [1.807, 2.05) is 0 Å². The summed E-state index contributed by atoms with van der Waals surface area (Å²) in [5.74, 6) is -1.43. The highest BCUT2D eigenvalue weighted by Gasteiger charge is 2.38. The molecule has 0 aliphatic carbocycles. The number of rotatable bonds is 10. The standard InChI is InChI=1S/C26H29ClN2O8S/c1-17-25(26(31)37-16-18-4-7-20(8-5-18)36-11-12-38(32,33)34)22(19-6-9-23(27)28-14-19)13-24(30)29(17)15-21-3-2-10-35-21/h4-9,14,21-22H,2-3,10-13,15-16H2,1H3,(H,32,33,34)/p-1/t21-,22+/m1/s1. The minimum Gasteiger partial charge on any atom is -0.748 e. The topological polar surface area (TPSA) is 135 Å². The maximum absolute atomic E-state index is 13.4. The Kier molecular flexibility index (Phi) is 9.03. The first-order chi connectivity index (χ1) is 18.1. The Morgan fingerprint density at radius 1 is 1.24 bits per heavy atom. The van der Waals surface area contributed by atoms with Gasteiger partial charge in [0.25, 0.3) is 0 Å². The lowest BCUT2D eigenvalue weighted by Crippen LogP contribution is -2.42. The Hall–Kier alpha value is -2.99.